The number of carbonyl (C=O) groups excluding carboxylic acids is 1. The first-order chi connectivity index (χ1) is 9.13. The van der Waals surface area contributed by atoms with Crippen LogP contribution in [0.5, 0.6) is 0 Å². The zero-order chi connectivity index (χ0) is 13.4. The van der Waals surface area contributed by atoms with Crippen LogP contribution in [0.25, 0.3) is 0 Å². The van der Waals surface area contributed by atoms with Crippen LogP contribution in [0.15, 0.2) is 18.2 Å². The van der Waals surface area contributed by atoms with Crippen molar-refractivity contribution in [2.24, 2.45) is 0 Å². The molecule has 19 heavy (non-hydrogen) atoms. The van der Waals surface area contributed by atoms with E-state index in [0.29, 0.717) is 16.5 Å². The van der Waals surface area contributed by atoms with Crippen molar-refractivity contribution >= 4 is 29.0 Å². The van der Waals surface area contributed by atoms with Gasteiger partial charge in [-0.05, 0) is 17.7 Å². The third-order valence-electron chi connectivity index (χ3n) is 4.03. The standard InChI is InChI=1S/C14H16Cl2N2O/c15-11-2-1-10(12(16)8-11)7-14(19)13-9-17-3-5-18(13)6-4-17/h1-2,8,13H,3-7,9H2. The number of ketones is 1. The molecule has 4 rings (SSSR count). The number of fused-ring (bicyclic) bond motifs is 3. The molecule has 1 unspecified atom stereocenters. The maximum absolute atomic E-state index is 12.4. The summed E-state index contributed by atoms with van der Waals surface area (Å²) in [7, 11) is 0. The minimum atomic E-state index is 0.0363. The fourth-order valence-electron chi connectivity index (χ4n) is 2.89. The van der Waals surface area contributed by atoms with Crippen LogP contribution in [0, 0.1) is 0 Å². The van der Waals surface area contributed by atoms with Crippen LogP contribution in [-0.4, -0.2) is 54.3 Å². The molecular formula is C14H16Cl2N2O. The summed E-state index contributed by atoms with van der Waals surface area (Å²) in [5, 5.41) is 1.19. The zero-order valence-corrected chi connectivity index (χ0v) is 12.1. The quantitative estimate of drug-likeness (QED) is 0.854. The predicted molar refractivity (Wildman–Crippen MR) is 77.0 cm³/mol. The van der Waals surface area contributed by atoms with E-state index in [4.69, 9.17) is 23.2 Å². The number of nitrogens with zero attached hydrogens (tertiary/aromatic N) is 2. The van der Waals surface area contributed by atoms with Gasteiger partial charge in [-0.3, -0.25) is 14.6 Å². The molecule has 0 N–H and O–H groups in total. The van der Waals surface area contributed by atoms with Crippen LogP contribution in [0.1, 0.15) is 5.56 Å². The monoisotopic (exact) mass is 298 g/mol. The summed E-state index contributed by atoms with van der Waals surface area (Å²) in [5.74, 6) is 0.258. The Bertz CT molecular complexity index is 498. The van der Waals surface area contributed by atoms with Gasteiger partial charge in [0.15, 0.2) is 5.78 Å². The van der Waals surface area contributed by atoms with Gasteiger partial charge < -0.3 is 0 Å². The second kappa shape index (κ2) is 5.41. The van der Waals surface area contributed by atoms with Crippen LogP contribution < -0.4 is 0 Å². The largest absolute Gasteiger partial charge is 0.299 e. The SMILES string of the molecule is O=C(Cc1ccc(Cl)cc1Cl)C1CN2CCN1CC2. The Morgan fingerprint density at radius 3 is 2.53 bits per heavy atom. The predicted octanol–water partition coefficient (Wildman–Crippen LogP) is 2.10. The van der Waals surface area contributed by atoms with Crippen LogP contribution in [0.3, 0.4) is 0 Å². The van der Waals surface area contributed by atoms with E-state index in [1.807, 2.05) is 6.07 Å². The number of hydrogen-bond acceptors (Lipinski definition) is 3. The van der Waals surface area contributed by atoms with Crippen molar-refractivity contribution < 1.29 is 4.79 Å². The van der Waals surface area contributed by atoms with E-state index in [9.17, 15) is 4.79 Å². The van der Waals surface area contributed by atoms with Crippen LogP contribution in [0.4, 0.5) is 0 Å². The van der Waals surface area contributed by atoms with Crippen LogP contribution in [0.2, 0.25) is 10.0 Å². The molecule has 5 heteroatoms. The summed E-state index contributed by atoms with van der Waals surface area (Å²) in [6, 6.07) is 5.36. The Morgan fingerprint density at radius 1 is 1.21 bits per heavy atom. The molecule has 3 aliphatic heterocycles. The topological polar surface area (TPSA) is 23.6 Å². The number of benzene rings is 1. The molecular weight excluding hydrogens is 283 g/mol. The Labute approximate surface area is 123 Å². The minimum Gasteiger partial charge on any atom is -0.299 e. The van der Waals surface area contributed by atoms with E-state index < -0.39 is 0 Å². The minimum absolute atomic E-state index is 0.0363. The van der Waals surface area contributed by atoms with Crippen molar-refractivity contribution in [3.05, 3.63) is 33.8 Å². The van der Waals surface area contributed by atoms with Gasteiger partial charge >= 0.3 is 0 Å². The van der Waals surface area contributed by atoms with Crippen molar-refractivity contribution in [2.45, 2.75) is 12.5 Å². The van der Waals surface area contributed by atoms with E-state index in [-0.39, 0.29) is 11.8 Å². The molecule has 3 fully saturated rings. The lowest BCUT2D eigenvalue weighted by Gasteiger charge is -2.46. The van der Waals surface area contributed by atoms with Gasteiger partial charge in [-0.2, -0.15) is 0 Å². The van der Waals surface area contributed by atoms with Gasteiger partial charge in [0.2, 0.25) is 0 Å². The summed E-state index contributed by atoms with van der Waals surface area (Å²) >= 11 is 12.0. The van der Waals surface area contributed by atoms with E-state index >= 15 is 0 Å². The van der Waals surface area contributed by atoms with E-state index in [0.717, 1.165) is 38.3 Å². The van der Waals surface area contributed by atoms with Crippen molar-refractivity contribution in [3.63, 3.8) is 0 Å². The highest BCUT2D eigenvalue weighted by Gasteiger charge is 2.35. The molecule has 0 radical (unpaired) electrons. The zero-order valence-electron chi connectivity index (χ0n) is 10.6. The normalized spacial score (nSPS) is 29.5. The molecule has 1 aromatic rings. The molecule has 3 aliphatic rings. The summed E-state index contributed by atoms with van der Waals surface area (Å²) < 4.78 is 0. The highest BCUT2D eigenvalue weighted by molar-refractivity contribution is 6.35. The maximum Gasteiger partial charge on any atom is 0.155 e. The highest BCUT2D eigenvalue weighted by atomic mass is 35.5. The van der Waals surface area contributed by atoms with Gasteiger partial charge in [0, 0.05) is 49.2 Å². The molecule has 0 spiro atoms. The van der Waals surface area contributed by atoms with Gasteiger partial charge in [-0.25, -0.2) is 0 Å². The molecule has 0 aromatic heterocycles. The Morgan fingerprint density at radius 2 is 1.95 bits per heavy atom. The van der Waals surface area contributed by atoms with Gasteiger partial charge in [0.25, 0.3) is 0 Å². The van der Waals surface area contributed by atoms with Crippen molar-refractivity contribution in [3.8, 4) is 0 Å². The lowest BCUT2D eigenvalue weighted by molar-refractivity contribution is -0.128. The van der Waals surface area contributed by atoms with Crippen LogP contribution >= 0.6 is 23.2 Å². The molecule has 2 bridgehead atoms. The summed E-state index contributed by atoms with van der Waals surface area (Å²) in [6.45, 7) is 5.05. The fraction of sp³-hybridized carbons (Fsp3) is 0.500. The molecule has 0 amide bonds. The fourth-order valence-corrected chi connectivity index (χ4v) is 3.37. The first-order valence-corrected chi connectivity index (χ1v) is 7.32. The number of Topliss-reactive ketones (excluding diaryl/α,β-unsaturated/α-hetero) is 1. The third kappa shape index (κ3) is 2.79. The van der Waals surface area contributed by atoms with Gasteiger partial charge in [-0.15, -0.1) is 0 Å². The number of carbonyl (C=O) groups is 1. The molecule has 102 valence electrons. The number of halogens is 2. The van der Waals surface area contributed by atoms with Crippen LogP contribution in [-0.2, 0) is 11.2 Å². The average Bonchev–Trinajstić information content (AvgIpc) is 2.43. The number of piperazine rings is 3. The molecule has 1 aromatic carbocycles. The number of hydrogen-bond donors (Lipinski definition) is 0. The highest BCUT2D eigenvalue weighted by Crippen LogP contribution is 2.23. The second-order valence-corrected chi connectivity index (χ2v) is 6.07. The lowest BCUT2D eigenvalue weighted by Crippen LogP contribution is -2.63. The Balaban J connectivity index is 1.71. The van der Waals surface area contributed by atoms with Gasteiger partial charge in [0.05, 0.1) is 6.04 Å². The summed E-state index contributed by atoms with van der Waals surface area (Å²) in [6.07, 6.45) is 0.394. The molecule has 3 heterocycles. The molecule has 0 aliphatic carbocycles. The van der Waals surface area contributed by atoms with Gasteiger partial charge in [0.1, 0.15) is 0 Å². The average molecular weight is 299 g/mol. The maximum atomic E-state index is 12.4. The van der Waals surface area contributed by atoms with Crippen molar-refractivity contribution in [2.75, 3.05) is 32.7 Å². The van der Waals surface area contributed by atoms with Crippen molar-refractivity contribution in [1.82, 2.24) is 9.80 Å². The molecule has 3 saturated heterocycles. The second-order valence-electron chi connectivity index (χ2n) is 5.23. The summed E-state index contributed by atoms with van der Waals surface area (Å²) in [4.78, 5) is 17.1. The number of rotatable bonds is 3. The van der Waals surface area contributed by atoms with E-state index in [1.165, 1.54) is 0 Å². The molecule has 0 saturated carbocycles. The Hall–Kier alpha value is -0.610. The first-order valence-electron chi connectivity index (χ1n) is 6.56. The first kappa shape index (κ1) is 13.4. The summed E-state index contributed by atoms with van der Waals surface area (Å²) in [5.41, 5.74) is 0.869. The third-order valence-corrected chi connectivity index (χ3v) is 4.62. The lowest BCUT2D eigenvalue weighted by atomic mass is 9.98. The van der Waals surface area contributed by atoms with Crippen molar-refractivity contribution in [1.29, 1.82) is 0 Å². The Kier molecular flexibility index (Phi) is 3.81. The van der Waals surface area contributed by atoms with Gasteiger partial charge in [-0.1, -0.05) is 29.3 Å². The molecule has 1 atom stereocenters. The van der Waals surface area contributed by atoms with E-state index in [2.05, 4.69) is 9.80 Å². The van der Waals surface area contributed by atoms with E-state index in [1.54, 1.807) is 12.1 Å². The molecule has 3 nitrogen and oxygen atoms in total. The smallest absolute Gasteiger partial charge is 0.155 e.